The first kappa shape index (κ1) is 11.5. The highest BCUT2D eigenvalue weighted by atomic mass is 32.1. The lowest BCUT2D eigenvalue weighted by molar-refractivity contribution is 0.331. The van der Waals surface area contributed by atoms with Gasteiger partial charge in [0.25, 0.3) is 0 Å². The summed E-state index contributed by atoms with van der Waals surface area (Å²) in [5.74, 6) is 0. The van der Waals surface area contributed by atoms with Crippen molar-refractivity contribution < 1.29 is 0 Å². The minimum atomic E-state index is 0.246. The predicted molar refractivity (Wildman–Crippen MR) is 64.6 cm³/mol. The van der Waals surface area contributed by atoms with Crippen molar-refractivity contribution >= 4 is 17.0 Å². The Bertz CT molecular complexity index is 277. The molecule has 1 aromatic rings. The van der Waals surface area contributed by atoms with Gasteiger partial charge in [-0.2, -0.15) is 0 Å². The van der Waals surface area contributed by atoms with Crippen LogP contribution in [0.1, 0.15) is 38.5 Å². The molecule has 80 valence electrons. The fourth-order valence-corrected chi connectivity index (χ4v) is 2.03. The fraction of sp³-hybridized carbons (Fsp3) is 0.636. The van der Waals surface area contributed by atoms with Crippen LogP contribution >= 0.6 is 11.3 Å². The van der Waals surface area contributed by atoms with E-state index in [-0.39, 0.29) is 5.54 Å². The zero-order valence-electron chi connectivity index (χ0n) is 9.26. The van der Waals surface area contributed by atoms with Crippen LogP contribution < -0.4 is 11.1 Å². The number of nitrogens with two attached hydrogens (primary N) is 1. The second kappa shape index (κ2) is 4.80. The second-order valence-electron chi connectivity index (χ2n) is 3.92. The van der Waals surface area contributed by atoms with Gasteiger partial charge in [0.2, 0.25) is 0 Å². The molecular weight excluding hydrogens is 192 g/mol. The molecule has 1 rings (SSSR count). The molecular formula is C11H20N2S. The number of rotatable bonds is 5. The van der Waals surface area contributed by atoms with Gasteiger partial charge >= 0.3 is 0 Å². The van der Waals surface area contributed by atoms with Gasteiger partial charge in [-0.25, -0.2) is 0 Å². The summed E-state index contributed by atoms with van der Waals surface area (Å²) in [4.78, 5) is 1.25. The largest absolute Gasteiger partial charge is 0.398 e. The Kier molecular flexibility index (Phi) is 3.96. The van der Waals surface area contributed by atoms with E-state index in [1.165, 1.54) is 4.88 Å². The van der Waals surface area contributed by atoms with Crippen molar-refractivity contribution in [3.63, 3.8) is 0 Å². The SMILES string of the molecule is CCC(C)(CC)NCc1sccc1N. The third-order valence-electron chi connectivity index (χ3n) is 3.02. The van der Waals surface area contributed by atoms with Gasteiger partial charge in [-0.1, -0.05) is 13.8 Å². The van der Waals surface area contributed by atoms with Crippen LogP contribution in [0.3, 0.4) is 0 Å². The van der Waals surface area contributed by atoms with E-state index in [0.29, 0.717) is 0 Å². The molecule has 0 aliphatic heterocycles. The standard InChI is InChI=1S/C11H20N2S/c1-4-11(3,5-2)13-8-10-9(12)6-7-14-10/h6-7,13H,4-5,8,12H2,1-3H3. The molecule has 0 atom stereocenters. The van der Waals surface area contributed by atoms with Gasteiger partial charge in [-0.3, -0.25) is 0 Å². The minimum absolute atomic E-state index is 0.246. The number of hydrogen-bond acceptors (Lipinski definition) is 3. The van der Waals surface area contributed by atoms with Crippen LogP contribution in [-0.4, -0.2) is 5.54 Å². The van der Waals surface area contributed by atoms with Crippen LogP contribution in [0, 0.1) is 0 Å². The van der Waals surface area contributed by atoms with Gasteiger partial charge < -0.3 is 11.1 Å². The highest BCUT2D eigenvalue weighted by Gasteiger charge is 2.18. The van der Waals surface area contributed by atoms with Crippen LogP contribution in [0.4, 0.5) is 5.69 Å². The number of nitrogens with one attached hydrogen (secondary N) is 1. The molecule has 0 aliphatic carbocycles. The van der Waals surface area contributed by atoms with Crippen LogP contribution in [0.5, 0.6) is 0 Å². The van der Waals surface area contributed by atoms with Crippen molar-refractivity contribution in [3.8, 4) is 0 Å². The maximum atomic E-state index is 5.82. The average molecular weight is 212 g/mol. The highest BCUT2D eigenvalue weighted by Crippen LogP contribution is 2.21. The van der Waals surface area contributed by atoms with Crippen LogP contribution in [0.25, 0.3) is 0 Å². The first-order valence-electron chi connectivity index (χ1n) is 5.18. The highest BCUT2D eigenvalue weighted by molar-refractivity contribution is 7.10. The molecule has 0 fully saturated rings. The van der Waals surface area contributed by atoms with Gasteiger partial charge in [-0.15, -0.1) is 11.3 Å². The Balaban J connectivity index is 2.52. The van der Waals surface area contributed by atoms with Crippen molar-refractivity contribution in [2.24, 2.45) is 0 Å². The van der Waals surface area contributed by atoms with Gasteiger partial charge in [0.05, 0.1) is 0 Å². The molecule has 2 nitrogen and oxygen atoms in total. The van der Waals surface area contributed by atoms with E-state index in [0.717, 1.165) is 25.1 Å². The molecule has 3 heteroatoms. The van der Waals surface area contributed by atoms with Crippen molar-refractivity contribution in [1.82, 2.24) is 5.32 Å². The van der Waals surface area contributed by atoms with E-state index >= 15 is 0 Å². The first-order valence-corrected chi connectivity index (χ1v) is 6.06. The monoisotopic (exact) mass is 212 g/mol. The molecule has 1 aromatic heterocycles. The van der Waals surface area contributed by atoms with E-state index < -0.39 is 0 Å². The molecule has 0 saturated carbocycles. The Morgan fingerprint density at radius 1 is 1.43 bits per heavy atom. The normalized spacial score (nSPS) is 11.9. The van der Waals surface area contributed by atoms with Crippen LogP contribution in [0.2, 0.25) is 0 Å². The zero-order chi connectivity index (χ0) is 10.6. The van der Waals surface area contributed by atoms with Gasteiger partial charge in [0, 0.05) is 22.6 Å². The molecule has 0 bridgehead atoms. The van der Waals surface area contributed by atoms with Gasteiger partial charge in [0.15, 0.2) is 0 Å². The summed E-state index contributed by atoms with van der Waals surface area (Å²) >= 11 is 1.72. The number of thiophene rings is 1. The van der Waals surface area contributed by atoms with Crippen LogP contribution in [0.15, 0.2) is 11.4 Å². The molecule has 0 amide bonds. The van der Waals surface area contributed by atoms with Crippen molar-refractivity contribution in [3.05, 3.63) is 16.3 Å². The Morgan fingerprint density at radius 2 is 2.07 bits per heavy atom. The maximum absolute atomic E-state index is 5.82. The third kappa shape index (κ3) is 2.72. The first-order chi connectivity index (χ1) is 6.61. The Morgan fingerprint density at radius 3 is 2.50 bits per heavy atom. The molecule has 0 aliphatic rings. The van der Waals surface area contributed by atoms with E-state index in [1.807, 2.05) is 11.4 Å². The second-order valence-corrected chi connectivity index (χ2v) is 4.92. The van der Waals surface area contributed by atoms with Crippen molar-refractivity contribution in [2.75, 3.05) is 5.73 Å². The average Bonchev–Trinajstić information content (AvgIpc) is 2.61. The smallest absolute Gasteiger partial charge is 0.0468 e. The van der Waals surface area contributed by atoms with Crippen molar-refractivity contribution in [1.29, 1.82) is 0 Å². The number of hydrogen-bond donors (Lipinski definition) is 2. The number of anilines is 1. The summed E-state index contributed by atoms with van der Waals surface area (Å²) < 4.78 is 0. The van der Waals surface area contributed by atoms with Gasteiger partial charge in [-0.05, 0) is 31.2 Å². The molecule has 0 radical (unpaired) electrons. The summed E-state index contributed by atoms with van der Waals surface area (Å²) in [6.45, 7) is 7.58. The molecule has 0 aromatic carbocycles. The van der Waals surface area contributed by atoms with Gasteiger partial charge in [0.1, 0.15) is 0 Å². The summed E-state index contributed by atoms with van der Waals surface area (Å²) in [5, 5.41) is 5.61. The minimum Gasteiger partial charge on any atom is -0.398 e. The summed E-state index contributed by atoms with van der Waals surface area (Å²) in [6, 6.07) is 1.97. The fourth-order valence-electron chi connectivity index (χ4n) is 1.29. The molecule has 0 spiro atoms. The van der Waals surface area contributed by atoms with E-state index in [2.05, 4.69) is 26.1 Å². The summed E-state index contributed by atoms with van der Waals surface area (Å²) in [6.07, 6.45) is 2.30. The molecule has 0 unspecified atom stereocenters. The lowest BCUT2D eigenvalue weighted by Crippen LogP contribution is -2.40. The number of nitrogen functional groups attached to an aromatic ring is 1. The molecule has 0 saturated heterocycles. The zero-order valence-corrected chi connectivity index (χ0v) is 10.1. The summed E-state index contributed by atoms with van der Waals surface area (Å²) in [7, 11) is 0. The maximum Gasteiger partial charge on any atom is 0.0468 e. The molecule has 14 heavy (non-hydrogen) atoms. The summed E-state index contributed by atoms with van der Waals surface area (Å²) in [5.41, 5.74) is 6.98. The third-order valence-corrected chi connectivity index (χ3v) is 3.95. The predicted octanol–water partition coefficient (Wildman–Crippen LogP) is 3.00. The lowest BCUT2D eigenvalue weighted by Gasteiger charge is -2.28. The quantitative estimate of drug-likeness (QED) is 0.787. The topological polar surface area (TPSA) is 38.0 Å². The van der Waals surface area contributed by atoms with E-state index in [1.54, 1.807) is 11.3 Å². The van der Waals surface area contributed by atoms with E-state index in [9.17, 15) is 0 Å². The molecule has 1 heterocycles. The Labute approximate surface area is 90.5 Å². The molecule has 3 N–H and O–H groups in total. The Hall–Kier alpha value is -0.540. The lowest BCUT2D eigenvalue weighted by atomic mass is 9.95. The van der Waals surface area contributed by atoms with E-state index in [4.69, 9.17) is 5.73 Å². The van der Waals surface area contributed by atoms with Crippen LogP contribution in [-0.2, 0) is 6.54 Å². The van der Waals surface area contributed by atoms with Crippen molar-refractivity contribution in [2.45, 2.75) is 45.7 Å².